The van der Waals surface area contributed by atoms with Gasteiger partial charge in [0.15, 0.2) is 11.5 Å². The minimum Gasteiger partial charge on any atom is -0.454 e. The van der Waals surface area contributed by atoms with E-state index in [1.807, 2.05) is 25.2 Å². The Hall–Kier alpha value is -1.30. The molecule has 0 saturated heterocycles. The molecule has 112 valence electrons. The lowest BCUT2D eigenvalue weighted by molar-refractivity contribution is 0.0399. The molecular weight excluding hydrogens is 258 g/mol. The number of rotatable bonds is 9. The number of hydrogen-bond donors (Lipinski definition) is 1. The van der Waals surface area contributed by atoms with Crippen LogP contribution in [0, 0.1) is 0 Å². The van der Waals surface area contributed by atoms with Crippen LogP contribution in [0.1, 0.15) is 24.9 Å². The summed E-state index contributed by atoms with van der Waals surface area (Å²) in [4.78, 5) is 0. The Balaban J connectivity index is 1.79. The van der Waals surface area contributed by atoms with Gasteiger partial charge >= 0.3 is 0 Å². The second-order valence-corrected chi connectivity index (χ2v) is 4.64. The zero-order valence-electron chi connectivity index (χ0n) is 12.2. The van der Waals surface area contributed by atoms with Gasteiger partial charge in [0.05, 0.1) is 25.9 Å². The predicted octanol–water partition coefficient (Wildman–Crippen LogP) is 2.12. The Morgan fingerprint density at radius 3 is 2.75 bits per heavy atom. The molecule has 5 nitrogen and oxygen atoms in total. The van der Waals surface area contributed by atoms with Crippen molar-refractivity contribution in [3.05, 3.63) is 23.8 Å². The first-order valence-electron chi connectivity index (χ1n) is 7.07. The molecule has 0 aromatic heterocycles. The molecule has 0 radical (unpaired) electrons. The van der Waals surface area contributed by atoms with Crippen LogP contribution >= 0.6 is 0 Å². The molecule has 1 unspecified atom stereocenters. The van der Waals surface area contributed by atoms with E-state index in [-0.39, 0.29) is 6.04 Å². The number of benzene rings is 1. The minimum atomic E-state index is 0.135. The van der Waals surface area contributed by atoms with Crippen LogP contribution in [-0.2, 0) is 9.47 Å². The van der Waals surface area contributed by atoms with Crippen LogP contribution in [-0.4, -0.2) is 40.3 Å². The van der Waals surface area contributed by atoms with Gasteiger partial charge in [0, 0.05) is 6.61 Å². The fourth-order valence-electron chi connectivity index (χ4n) is 2.04. The molecule has 1 aliphatic heterocycles. The molecule has 1 heterocycles. The maximum absolute atomic E-state index is 5.65. The SMILES string of the molecule is CCCOCCOCC(NC)c1ccc2c(c1)OCO2. The van der Waals surface area contributed by atoms with Crippen molar-refractivity contribution in [2.24, 2.45) is 0 Å². The molecule has 0 aliphatic carbocycles. The van der Waals surface area contributed by atoms with Crippen LogP contribution < -0.4 is 14.8 Å². The molecule has 1 atom stereocenters. The maximum Gasteiger partial charge on any atom is 0.231 e. The van der Waals surface area contributed by atoms with E-state index in [2.05, 4.69) is 12.2 Å². The van der Waals surface area contributed by atoms with Crippen molar-refractivity contribution in [1.29, 1.82) is 0 Å². The Morgan fingerprint density at radius 1 is 1.15 bits per heavy atom. The monoisotopic (exact) mass is 281 g/mol. The average molecular weight is 281 g/mol. The highest BCUT2D eigenvalue weighted by molar-refractivity contribution is 5.45. The fraction of sp³-hybridized carbons (Fsp3) is 0.600. The van der Waals surface area contributed by atoms with E-state index in [4.69, 9.17) is 18.9 Å². The Labute approximate surface area is 120 Å². The normalized spacial score (nSPS) is 14.5. The lowest BCUT2D eigenvalue weighted by Crippen LogP contribution is -2.22. The first-order valence-corrected chi connectivity index (χ1v) is 7.07. The smallest absolute Gasteiger partial charge is 0.231 e. The van der Waals surface area contributed by atoms with Gasteiger partial charge in [-0.15, -0.1) is 0 Å². The summed E-state index contributed by atoms with van der Waals surface area (Å²) in [5.41, 5.74) is 1.13. The van der Waals surface area contributed by atoms with Gasteiger partial charge in [-0.05, 0) is 31.2 Å². The number of hydrogen-bond acceptors (Lipinski definition) is 5. The van der Waals surface area contributed by atoms with Crippen LogP contribution in [0.5, 0.6) is 11.5 Å². The van der Waals surface area contributed by atoms with Crippen molar-refractivity contribution < 1.29 is 18.9 Å². The van der Waals surface area contributed by atoms with Crippen LogP contribution in [0.3, 0.4) is 0 Å². The zero-order valence-corrected chi connectivity index (χ0v) is 12.2. The second kappa shape index (κ2) is 8.09. The Morgan fingerprint density at radius 2 is 1.95 bits per heavy atom. The first-order chi connectivity index (χ1) is 9.85. The van der Waals surface area contributed by atoms with Gasteiger partial charge in [-0.3, -0.25) is 0 Å². The van der Waals surface area contributed by atoms with E-state index in [1.165, 1.54) is 0 Å². The summed E-state index contributed by atoms with van der Waals surface area (Å²) < 4.78 is 21.7. The topological polar surface area (TPSA) is 49.0 Å². The van der Waals surface area contributed by atoms with Crippen molar-refractivity contribution in [2.45, 2.75) is 19.4 Å². The highest BCUT2D eigenvalue weighted by atomic mass is 16.7. The summed E-state index contributed by atoms with van der Waals surface area (Å²) in [6, 6.07) is 6.11. The molecule has 20 heavy (non-hydrogen) atoms. The van der Waals surface area contributed by atoms with E-state index in [9.17, 15) is 0 Å². The van der Waals surface area contributed by atoms with Crippen LogP contribution in [0.4, 0.5) is 0 Å². The van der Waals surface area contributed by atoms with Crippen molar-refractivity contribution in [2.75, 3.05) is 40.3 Å². The summed E-state index contributed by atoms with van der Waals surface area (Å²) in [7, 11) is 1.92. The third kappa shape index (κ3) is 4.10. The van der Waals surface area contributed by atoms with Gasteiger partial charge in [-0.25, -0.2) is 0 Å². The van der Waals surface area contributed by atoms with Crippen molar-refractivity contribution in [3.8, 4) is 11.5 Å². The van der Waals surface area contributed by atoms with E-state index in [0.29, 0.717) is 26.6 Å². The van der Waals surface area contributed by atoms with E-state index >= 15 is 0 Å². The van der Waals surface area contributed by atoms with Crippen LogP contribution in [0.15, 0.2) is 18.2 Å². The van der Waals surface area contributed by atoms with Gasteiger partial charge in [-0.2, -0.15) is 0 Å². The highest BCUT2D eigenvalue weighted by Crippen LogP contribution is 2.34. The standard InChI is InChI=1S/C15H23NO4/c1-3-6-17-7-8-18-10-13(16-2)12-4-5-14-15(9-12)20-11-19-14/h4-5,9,13,16H,3,6-8,10-11H2,1-2H3. The lowest BCUT2D eigenvalue weighted by atomic mass is 10.1. The third-order valence-corrected chi connectivity index (χ3v) is 3.15. The van der Waals surface area contributed by atoms with Crippen LogP contribution in [0.25, 0.3) is 0 Å². The molecule has 0 bridgehead atoms. The number of nitrogens with one attached hydrogen (secondary N) is 1. The molecule has 1 aromatic rings. The molecule has 1 aliphatic rings. The van der Waals surface area contributed by atoms with Gasteiger partial charge in [0.1, 0.15) is 0 Å². The molecule has 1 aromatic carbocycles. The van der Waals surface area contributed by atoms with E-state index in [1.54, 1.807) is 0 Å². The molecule has 0 fully saturated rings. The summed E-state index contributed by atoms with van der Waals surface area (Å²) in [6.45, 7) is 5.05. The summed E-state index contributed by atoms with van der Waals surface area (Å²) >= 11 is 0. The van der Waals surface area contributed by atoms with Gasteiger partial charge in [0.2, 0.25) is 6.79 Å². The number of ether oxygens (including phenoxy) is 4. The first kappa shape index (κ1) is 15.1. The lowest BCUT2D eigenvalue weighted by Gasteiger charge is -2.17. The van der Waals surface area contributed by atoms with Crippen molar-refractivity contribution >= 4 is 0 Å². The molecule has 0 spiro atoms. The largest absolute Gasteiger partial charge is 0.454 e. The number of likely N-dealkylation sites (N-methyl/N-ethyl adjacent to an activating group) is 1. The minimum absolute atomic E-state index is 0.135. The zero-order chi connectivity index (χ0) is 14.2. The summed E-state index contributed by atoms with van der Waals surface area (Å²) in [5.74, 6) is 1.60. The average Bonchev–Trinajstić information content (AvgIpc) is 2.94. The second-order valence-electron chi connectivity index (χ2n) is 4.64. The van der Waals surface area contributed by atoms with E-state index < -0.39 is 0 Å². The molecule has 0 amide bonds. The maximum atomic E-state index is 5.65. The number of fused-ring (bicyclic) bond motifs is 1. The summed E-state index contributed by atoms with van der Waals surface area (Å²) in [6.07, 6.45) is 1.04. The van der Waals surface area contributed by atoms with Gasteiger partial charge in [0.25, 0.3) is 0 Å². The Kier molecular flexibility index (Phi) is 6.11. The third-order valence-electron chi connectivity index (χ3n) is 3.15. The summed E-state index contributed by atoms with van der Waals surface area (Å²) in [5, 5.41) is 3.25. The van der Waals surface area contributed by atoms with Gasteiger partial charge in [-0.1, -0.05) is 13.0 Å². The Bertz CT molecular complexity index is 411. The van der Waals surface area contributed by atoms with E-state index in [0.717, 1.165) is 30.1 Å². The predicted molar refractivity (Wildman–Crippen MR) is 76.3 cm³/mol. The van der Waals surface area contributed by atoms with Gasteiger partial charge < -0.3 is 24.3 Å². The molecule has 1 N–H and O–H groups in total. The molecule has 0 saturated carbocycles. The highest BCUT2D eigenvalue weighted by Gasteiger charge is 2.17. The van der Waals surface area contributed by atoms with Crippen molar-refractivity contribution in [3.63, 3.8) is 0 Å². The molecule has 2 rings (SSSR count). The quantitative estimate of drug-likeness (QED) is 0.703. The fourth-order valence-corrected chi connectivity index (χ4v) is 2.04. The molecular formula is C15H23NO4. The van der Waals surface area contributed by atoms with Crippen LogP contribution in [0.2, 0.25) is 0 Å². The molecule has 5 heteroatoms. The van der Waals surface area contributed by atoms with Crippen molar-refractivity contribution in [1.82, 2.24) is 5.32 Å².